The fraction of sp³-hybridized carbons (Fsp3) is 0.308. The normalized spacial score (nSPS) is 10.8. The number of aryl methyl sites for hydroxylation is 3. The van der Waals surface area contributed by atoms with Gasteiger partial charge in [-0.05, 0) is 44.0 Å². The first-order valence-corrected chi connectivity index (χ1v) is 5.07. The van der Waals surface area contributed by atoms with E-state index < -0.39 is 0 Å². The van der Waals surface area contributed by atoms with Crippen LogP contribution in [-0.4, -0.2) is 4.98 Å². The van der Waals surface area contributed by atoms with Crippen molar-refractivity contribution in [3.05, 3.63) is 41.1 Å². The molecule has 1 heteroatoms. The van der Waals surface area contributed by atoms with Gasteiger partial charge in [0.25, 0.3) is 0 Å². The molecule has 1 nitrogen and oxygen atoms in total. The number of aromatic nitrogens is 1. The van der Waals surface area contributed by atoms with Gasteiger partial charge in [-0.1, -0.05) is 18.6 Å². The Morgan fingerprint density at radius 2 is 1.93 bits per heavy atom. The van der Waals surface area contributed by atoms with Gasteiger partial charge in [0.05, 0.1) is 5.52 Å². The van der Waals surface area contributed by atoms with Crippen LogP contribution in [0.2, 0.25) is 0 Å². The Bertz CT molecular complexity index is 472. The summed E-state index contributed by atoms with van der Waals surface area (Å²) in [5.74, 6) is 0. The average molecular weight is 185 g/mol. The van der Waals surface area contributed by atoms with Gasteiger partial charge in [-0.25, -0.2) is 0 Å². The zero-order chi connectivity index (χ0) is 10.1. The van der Waals surface area contributed by atoms with Gasteiger partial charge in [0.2, 0.25) is 0 Å². The van der Waals surface area contributed by atoms with Gasteiger partial charge in [0, 0.05) is 11.1 Å². The second kappa shape index (κ2) is 3.41. The molecule has 2 aromatic rings. The lowest BCUT2D eigenvalue weighted by atomic mass is 10.0. The molecule has 0 radical (unpaired) electrons. The monoisotopic (exact) mass is 185 g/mol. The van der Waals surface area contributed by atoms with Gasteiger partial charge in [-0.15, -0.1) is 0 Å². The van der Waals surface area contributed by atoms with Gasteiger partial charge < -0.3 is 0 Å². The van der Waals surface area contributed by atoms with Crippen LogP contribution in [0.4, 0.5) is 0 Å². The fourth-order valence-corrected chi connectivity index (χ4v) is 1.85. The molecule has 72 valence electrons. The first kappa shape index (κ1) is 9.20. The molecule has 0 aliphatic heterocycles. The largest absolute Gasteiger partial charge is 0.253 e. The van der Waals surface area contributed by atoms with Gasteiger partial charge in [-0.2, -0.15) is 0 Å². The first-order valence-electron chi connectivity index (χ1n) is 5.07. The van der Waals surface area contributed by atoms with E-state index in [1.807, 2.05) is 0 Å². The van der Waals surface area contributed by atoms with Crippen LogP contribution in [0.3, 0.4) is 0 Å². The van der Waals surface area contributed by atoms with E-state index >= 15 is 0 Å². The van der Waals surface area contributed by atoms with E-state index in [1.165, 1.54) is 16.5 Å². The maximum Gasteiger partial charge on any atom is 0.0708 e. The lowest BCUT2D eigenvalue weighted by Crippen LogP contribution is -1.90. The standard InChI is InChI=1S/C13H15N/c1-4-11-8-10(3)14-13-6-5-9(2)7-12(11)13/h5-8H,4H2,1-3H3. The summed E-state index contributed by atoms with van der Waals surface area (Å²) < 4.78 is 0. The van der Waals surface area contributed by atoms with Crippen molar-refractivity contribution >= 4 is 10.9 Å². The van der Waals surface area contributed by atoms with Crippen LogP contribution in [0, 0.1) is 13.8 Å². The third-order valence-electron chi connectivity index (χ3n) is 2.56. The van der Waals surface area contributed by atoms with Gasteiger partial charge in [0.1, 0.15) is 0 Å². The van der Waals surface area contributed by atoms with Crippen LogP contribution in [-0.2, 0) is 6.42 Å². The smallest absolute Gasteiger partial charge is 0.0708 e. The molecule has 1 aromatic carbocycles. The molecule has 0 aliphatic rings. The molecule has 1 aromatic heterocycles. The van der Waals surface area contributed by atoms with Crippen molar-refractivity contribution in [2.24, 2.45) is 0 Å². The average Bonchev–Trinajstić information content (AvgIpc) is 2.17. The summed E-state index contributed by atoms with van der Waals surface area (Å²) in [6, 6.07) is 8.63. The van der Waals surface area contributed by atoms with Crippen molar-refractivity contribution < 1.29 is 0 Å². The zero-order valence-corrected chi connectivity index (χ0v) is 8.96. The highest BCUT2D eigenvalue weighted by molar-refractivity contribution is 5.83. The summed E-state index contributed by atoms with van der Waals surface area (Å²) in [4.78, 5) is 4.53. The molecule has 0 saturated heterocycles. The molecule has 0 spiro atoms. The highest BCUT2D eigenvalue weighted by Crippen LogP contribution is 2.20. The Hall–Kier alpha value is -1.37. The van der Waals surface area contributed by atoms with Crippen LogP contribution in [0.1, 0.15) is 23.7 Å². The fourth-order valence-electron chi connectivity index (χ4n) is 1.85. The van der Waals surface area contributed by atoms with E-state index in [9.17, 15) is 0 Å². The first-order chi connectivity index (χ1) is 6.70. The minimum Gasteiger partial charge on any atom is -0.253 e. The lowest BCUT2D eigenvalue weighted by Gasteiger charge is -2.06. The minimum atomic E-state index is 1.07. The third-order valence-corrected chi connectivity index (χ3v) is 2.56. The molecule has 0 atom stereocenters. The number of hydrogen-bond acceptors (Lipinski definition) is 1. The second-order valence-electron chi connectivity index (χ2n) is 3.80. The maximum absolute atomic E-state index is 4.53. The van der Waals surface area contributed by atoms with E-state index in [-0.39, 0.29) is 0 Å². The molecule has 0 fully saturated rings. The highest BCUT2D eigenvalue weighted by Gasteiger charge is 2.01. The van der Waals surface area contributed by atoms with Crippen molar-refractivity contribution in [2.75, 3.05) is 0 Å². The van der Waals surface area contributed by atoms with E-state index in [2.05, 4.69) is 50.0 Å². The van der Waals surface area contributed by atoms with Gasteiger partial charge in [0.15, 0.2) is 0 Å². The number of rotatable bonds is 1. The molecule has 0 aliphatic carbocycles. The molecule has 0 bridgehead atoms. The van der Waals surface area contributed by atoms with Crippen LogP contribution >= 0.6 is 0 Å². The van der Waals surface area contributed by atoms with Gasteiger partial charge >= 0.3 is 0 Å². The molecule has 1 heterocycles. The Morgan fingerprint density at radius 3 is 2.64 bits per heavy atom. The number of fused-ring (bicyclic) bond motifs is 1. The van der Waals surface area contributed by atoms with Crippen molar-refractivity contribution in [3.8, 4) is 0 Å². The van der Waals surface area contributed by atoms with Crippen molar-refractivity contribution in [1.82, 2.24) is 4.98 Å². The van der Waals surface area contributed by atoms with Crippen LogP contribution in [0.15, 0.2) is 24.3 Å². The topological polar surface area (TPSA) is 12.9 Å². The molecule has 0 amide bonds. The highest BCUT2D eigenvalue weighted by atomic mass is 14.7. The Kier molecular flexibility index (Phi) is 2.24. The van der Waals surface area contributed by atoms with Crippen molar-refractivity contribution in [3.63, 3.8) is 0 Å². The summed E-state index contributed by atoms with van der Waals surface area (Å²) in [6.07, 6.45) is 1.07. The summed E-state index contributed by atoms with van der Waals surface area (Å²) in [7, 11) is 0. The number of nitrogens with zero attached hydrogens (tertiary/aromatic N) is 1. The molecule has 0 N–H and O–H groups in total. The zero-order valence-electron chi connectivity index (χ0n) is 8.96. The maximum atomic E-state index is 4.53. The van der Waals surface area contributed by atoms with Gasteiger partial charge in [-0.3, -0.25) is 4.98 Å². The number of hydrogen-bond donors (Lipinski definition) is 0. The van der Waals surface area contributed by atoms with E-state index in [0.717, 1.165) is 17.6 Å². The van der Waals surface area contributed by atoms with Crippen LogP contribution < -0.4 is 0 Å². The molecule has 0 unspecified atom stereocenters. The second-order valence-corrected chi connectivity index (χ2v) is 3.80. The number of pyridine rings is 1. The Balaban J connectivity index is 2.81. The van der Waals surface area contributed by atoms with E-state index in [0.29, 0.717) is 0 Å². The summed E-state index contributed by atoms with van der Waals surface area (Å²) in [5.41, 5.74) is 4.93. The van der Waals surface area contributed by atoms with E-state index in [4.69, 9.17) is 0 Å². The van der Waals surface area contributed by atoms with Crippen LogP contribution in [0.25, 0.3) is 10.9 Å². The van der Waals surface area contributed by atoms with Crippen molar-refractivity contribution in [2.45, 2.75) is 27.2 Å². The minimum absolute atomic E-state index is 1.07. The SMILES string of the molecule is CCc1cc(C)nc2ccc(C)cc12. The number of benzene rings is 1. The van der Waals surface area contributed by atoms with E-state index in [1.54, 1.807) is 0 Å². The van der Waals surface area contributed by atoms with Crippen molar-refractivity contribution in [1.29, 1.82) is 0 Å². The van der Waals surface area contributed by atoms with Crippen LogP contribution in [0.5, 0.6) is 0 Å². The molecule has 14 heavy (non-hydrogen) atoms. The quantitative estimate of drug-likeness (QED) is 0.663. The lowest BCUT2D eigenvalue weighted by molar-refractivity contribution is 1.12. The molecular weight excluding hydrogens is 170 g/mol. The molecular formula is C13H15N. The predicted molar refractivity (Wildman–Crippen MR) is 60.6 cm³/mol. The Morgan fingerprint density at radius 1 is 1.14 bits per heavy atom. The predicted octanol–water partition coefficient (Wildman–Crippen LogP) is 3.41. The summed E-state index contributed by atoms with van der Waals surface area (Å²) >= 11 is 0. The third kappa shape index (κ3) is 1.50. The molecule has 0 saturated carbocycles. The Labute approximate surface area is 84.8 Å². The molecule has 2 rings (SSSR count). The summed E-state index contributed by atoms with van der Waals surface area (Å²) in [5, 5.41) is 1.30. The summed E-state index contributed by atoms with van der Waals surface area (Å²) in [6.45, 7) is 6.37.